The molecule has 0 saturated carbocycles. The Morgan fingerprint density at radius 3 is 1.73 bits per heavy atom. The van der Waals surface area contributed by atoms with Crippen LogP contribution in [0.3, 0.4) is 0 Å². The van der Waals surface area contributed by atoms with E-state index in [2.05, 4.69) is 211 Å². The standard InChI is InChI=1S/C58H59N/c1-39-8-16-43(17-9-39)38-58(7,48-24-10-40(2)11-25-48)49-26-18-44(19-27-49)46-22-34-53-54-35-23-47(37-56(54)57(5,6)55(53)36-46)45-20-32-52(33-21-45)59(50-28-12-41(3)13-29-50)51-30-14-42(4)15-31-51/h8-14,16-18,20-25,28-37,42,49H,15,19,26-27,38H2,1-7H3. The number of nitrogens with zero attached hydrogens (tertiary/aromatic N) is 1. The van der Waals surface area contributed by atoms with E-state index < -0.39 is 0 Å². The van der Waals surface area contributed by atoms with Gasteiger partial charge in [0.1, 0.15) is 0 Å². The first kappa shape index (κ1) is 38.8. The average molecular weight is 770 g/mol. The molecule has 3 aliphatic carbocycles. The van der Waals surface area contributed by atoms with E-state index in [9.17, 15) is 0 Å². The molecule has 0 radical (unpaired) electrons. The van der Waals surface area contributed by atoms with Gasteiger partial charge in [0.2, 0.25) is 0 Å². The normalized spacial score (nSPS) is 19.0. The average Bonchev–Trinajstić information content (AvgIpc) is 3.48. The number of hydrogen-bond donors (Lipinski definition) is 0. The molecule has 3 atom stereocenters. The molecule has 3 aliphatic rings. The molecule has 296 valence electrons. The zero-order valence-electron chi connectivity index (χ0n) is 36.1. The zero-order chi connectivity index (χ0) is 40.9. The molecule has 0 spiro atoms. The second kappa shape index (κ2) is 15.5. The van der Waals surface area contributed by atoms with E-state index in [0.29, 0.717) is 11.8 Å². The molecule has 0 amide bonds. The van der Waals surface area contributed by atoms with Gasteiger partial charge in [-0.2, -0.15) is 0 Å². The fourth-order valence-electron chi connectivity index (χ4n) is 10.2. The summed E-state index contributed by atoms with van der Waals surface area (Å²) in [5.74, 6) is 1.15. The van der Waals surface area contributed by atoms with Crippen molar-refractivity contribution >= 4 is 16.9 Å². The summed E-state index contributed by atoms with van der Waals surface area (Å²) in [6.07, 6.45) is 15.1. The molecule has 0 aliphatic heterocycles. The highest BCUT2D eigenvalue weighted by Gasteiger charge is 2.38. The van der Waals surface area contributed by atoms with Crippen molar-refractivity contribution in [1.82, 2.24) is 0 Å². The Labute approximate surface area is 353 Å². The number of rotatable bonds is 9. The number of hydrogen-bond acceptors (Lipinski definition) is 1. The van der Waals surface area contributed by atoms with Crippen LogP contribution < -0.4 is 4.90 Å². The van der Waals surface area contributed by atoms with Gasteiger partial charge >= 0.3 is 0 Å². The first-order chi connectivity index (χ1) is 28.5. The molecule has 0 saturated heterocycles. The third-order valence-corrected chi connectivity index (χ3v) is 14.1. The Morgan fingerprint density at radius 1 is 0.610 bits per heavy atom. The number of aryl methyl sites for hydroxylation is 3. The van der Waals surface area contributed by atoms with Gasteiger partial charge in [-0.25, -0.2) is 0 Å². The molecule has 1 heteroatoms. The van der Waals surface area contributed by atoms with Crippen LogP contribution in [0.1, 0.15) is 97.9 Å². The maximum absolute atomic E-state index is 2.58. The number of allylic oxidation sites excluding steroid dienone is 5. The summed E-state index contributed by atoms with van der Waals surface area (Å²) < 4.78 is 0. The third kappa shape index (κ3) is 7.46. The van der Waals surface area contributed by atoms with Crippen molar-refractivity contribution in [2.45, 2.75) is 91.4 Å². The van der Waals surface area contributed by atoms with E-state index in [4.69, 9.17) is 0 Å². The topological polar surface area (TPSA) is 3.24 Å². The summed E-state index contributed by atoms with van der Waals surface area (Å²) >= 11 is 0. The predicted octanol–water partition coefficient (Wildman–Crippen LogP) is 15.6. The molecule has 3 unspecified atom stereocenters. The molecule has 0 heterocycles. The minimum atomic E-state index is -0.0917. The van der Waals surface area contributed by atoms with E-state index in [-0.39, 0.29) is 10.8 Å². The van der Waals surface area contributed by atoms with Crippen LogP contribution in [-0.4, -0.2) is 0 Å². The minimum Gasteiger partial charge on any atom is -0.311 e. The second-order valence-corrected chi connectivity index (χ2v) is 18.7. The number of anilines is 2. The second-order valence-electron chi connectivity index (χ2n) is 18.7. The fraction of sp³-hybridized carbons (Fsp3) is 0.276. The van der Waals surface area contributed by atoms with Crippen LogP contribution in [0.4, 0.5) is 11.4 Å². The number of benzene rings is 6. The highest BCUT2D eigenvalue weighted by molar-refractivity contribution is 5.86. The molecule has 0 aromatic heterocycles. The lowest BCUT2D eigenvalue weighted by Gasteiger charge is -2.41. The molecule has 9 rings (SSSR count). The van der Waals surface area contributed by atoms with Crippen molar-refractivity contribution in [3.8, 4) is 22.3 Å². The van der Waals surface area contributed by atoms with Gasteiger partial charge in [0.05, 0.1) is 0 Å². The van der Waals surface area contributed by atoms with Crippen LogP contribution in [0.15, 0.2) is 163 Å². The summed E-state index contributed by atoms with van der Waals surface area (Å²) in [5.41, 5.74) is 21.4. The SMILES string of the molecule is Cc1ccc(CC(C)(c2ccc(C)cc2)C2CC=C(c3ccc4c(c3)C(C)(C)c3cc(-c5ccc(N(C6=CCC(C)C=C6)c6ccc(C)cc6)cc5)ccc3-4)CC2)cc1. The fourth-order valence-corrected chi connectivity index (χ4v) is 10.2. The van der Waals surface area contributed by atoms with Gasteiger partial charge in [-0.3, -0.25) is 0 Å². The molecule has 0 bridgehead atoms. The quantitative estimate of drug-likeness (QED) is 0.142. The molecule has 0 fully saturated rings. The number of fused-ring (bicyclic) bond motifs is 3. The van der Waals surface area contributed by atoms with Crippen LogP contribution in [0, 0.1) is 32.6 Å². The van der Waals surface area contributed by atoms with Gasteiger partial charge in [-0.1, -0.05) is 160 Å². The van der Waals surface area contributed by atoms with Crippen molar-refractivity contribution < 1.29 is 0 Å². The predicted molar refractivity (Wildman–Crippen MR) is 252 cm³/mol. The van der Waals surface area contributed by atoms with Gasteiger partial charge in [0.25, 0.3) is 0 Å². The maximum Gasteiger partial charge on any atom is 0.0461 e. The third-order valence-electron chi connectivity index (χ3n) is 14.1. The van der Waals surface area contributed by atoms with E-state index >= 15 is 0 Å². The van der Waals surface area contributed by atoms with E-state index in [1.165, 1.54) is 95.8 Å². The minimum absolute atomic E-state index is 0.0637. The molecule has 0 N–H and O–H groups in total. The van der Waals surface area contributed by atoms with Crippen molar-refractivity contribution in [1.29, 1.82) is 0 Å². The Hall–Kier alpha value is -5.66. The van der Waals surface area contributed by atoms with E-state index in [0.717, 1.165) is 25.7 Å². The summed E-state index contributed by atoms with van der Waals surface area (Å²) in [7, 11) is 0. The maximum atomic E-state index is 2.58. The van der Waals surface area contributed by atoms with Gasteiger partial charge in [-0.05, 0) is 168 Å². The van der Waals surface area contributed by atoms with Crippen molar-refractivity contribution in [3.05, 3.63) is 208 Å². The van der Waals surface area contributed by atoms with Crippen molar-refractivity contribution in [2.75, 3.05) is 4.90 Å². The summed E-state index contributed by atoms with van der Waals surface area (Å²) in [4.78, 5) is 2.39. The van der Waals surface area contributed by atoms with Crippen molar-refractivity contribution in [2.24, 2.45) is 11.8 Å². The largest absolute Gasteiger partial charge is 0.311 e. The van der Waals surface area contributed by atoms with Crippen molar-refractivity contribution in [3.63, 3.8) is 0 Å². The Kier molecular flexibility index (Phi) is 10.2. The molecule has 1 nitrogen and oxygen atoms in total. The molecule has 59 heavy (non-hydrogen) atoms. The van der Waals surface area contributed by atoms with Crippen LogP contribution >= 0.6 is 0 Å². The lowest BCUT2D eigenvalue weighted by Crippen LogP contribution is -2.35. The molecular weight excluding hydrogens is 711 g/mol. The molecule has 6 aromatic rings. The van der Waals surface area contributed by atoms with Crippen LogP contribution in [0.25, 0.3) is 27.8 Å². The van der Waals surface area contributed by atoms with Crippen LogP contribution in [-0.2, 0) is 17.3 Å². The van der Waals surface area contributed by atoms with Crippen LogP contribution in [0.5, 0.6) is 0 Å². The van der Waals surface area contributed by atoms with E-state index in [1.807, 2.05) is 0 Å². The van der Waals surface area contributed by atoms with Gasteiger partial charge < -0.3 is 4.90 Å². The lowest BCUT2D eigenvalue weighted by molar-refractivity contribution is 0.270. The molecular formula is C58H59N. The van der Waals surface area contributed by atoms with Crippen LogP contribution in [0.2, 0.25) is 0 Å². The first-order valence-corrected chi connectivity index (χ1v) is 21.9. The lowest BCUT2D eigenvalue weighted by atomic mass is 9.63. The zero-order valence-corrected chi connectivity index (χ0v) is 36.1. The Balaban J connectivity index is 0.964. The summed E-state index contributed by atoms with van der Waals surface area (Å²) in [6.45, 7) is 16.2. The monoisotopic (exact) mass is 769 g/mol. The van der Waals surface area contributed by atoms with E-state index in [1.54, 1.807) is 0 Å². The first-order valence-electron chi connectivity index (χ1n) is 21.9. The van der Waals surface area contributed by atoms with Gasteiger partial charge in [0, 0.05) is 22.5 Å². The molecule has 6 aromatic carbocycles. The highest BCUT2D eigenvalue weighted by Crippen LogP contribution is 2.51. The summed E-state index contributed by atoms with van der Waals surface area (Å²) in [6, 6.07) is 51.1. The smallest absolute Gasteiger partial charge is 0.0461 e. The summed E-state index contributed by atoms with van der Waals surface area (Å²) in [5, 5.41) is 0. The highest BCUT2D eigenvalue weighted by atomic mass is 15.1. The Morgan fingerprint density at radius 2 is 1.15 bits per heavy atom. The van der Waals surface area contributed by atoms with Gasteiger partial charge in [-0.15, -0.1) is 0 Å². The van der Waals surface area contributed by atoms with Gasteiger partial charge in [0.15, 0.2) is 0 Å². The Bertz CT molecular complexity index is 2580.